The number of nitrogens with zero attached hydrogens (tertiary/aromatic N) is 2. The van der Waals surface area contributed by atoms with Gasteiger partial charge in [0.1, 0.15) is 6.04 Å². The molecule has 0 saturated carbocycles. The van der Waals surface area contributed by atoms with E-state index in [0.717, 1.165) is 17.5 Å². The number of thiazole rings is 1. The molecular formula is C21H17Cl2F3N4O4S. The summed E-state index contributed by atoms with van der Waals surface area (Å²) in [6, 6.07) is 2.06. The highest BCUT2D eigenvalue weighted by molar-refractivity contribution is 7.11. The number of Topliss-reactive ketones (excluding diaryl/α,β-unsaturated/α-hetero) is 1. The van der Waals surface area contributed by atoms with Crippen LogP contribution in [0.5, 0.6) is 0 Å². The zero-order chi connectivity index (χ0) is 25.8. The first-order valence-electron chi connectivity index (χ1n) is 9.98. The smallest absolute Gasteiger partial charge is 0.389 e. The Balaban J connectivity index is 1.67. The van der Waals surface area contributed by atoms with Gasteiger partial charge in [0.25, 0.3) is 5.91 Å². The molecule has 0 saturated heterocycles. The summed E-state index contributed by atoms with van der Waals surface area (Å²) < 4.78 is 43.6. The molecule has 2 N–H and O–H groups in total. The van der Waals surface area contributed by atoms with Gasteiger partial charge in [-0.25, -0.2) is 9.97 Å². The maximum atomic E-state index is 12.7. The summed E-state index contributed by atoms with van der Waals surface area (Å²) in [7, 11) is 0. The fraction of sp³-hybridized carbons (Fsp3) is 0.286. The minimum Gasteiger partial charge on any atom is -0.431 e. The molecule has 3 aromatic rings. The molecular weight excluding hydrogens is 532 g/mol. The third-order valence-electron chi connectivity index (χ3n) is 4.64. The van der Waals surface area contributed by atoms with Crippen LogP contribution in [0.1, 0.15) is 40.1 Å². The third-order valence-corrected chi connectivity index (χ3v) is 6.25. The van der Waals surface area contributed by atoms with Crippen molar-refractivity contribution in [1.82, 2.24) is 20.6 Å². The lowest BCUT2D eigenvalue weighted by molar-refractivity contribution is -0.137. The fourth-order valence-electron chi connectivity index (χ4n) is 2.87. The van der Waals surface area contributed by atoms with Crippen molar-refractivity contribution in [3.8, 4) is 11.5 Å². The molecule has 35 heavy (non-hydrogen) atoms. The van der Waals surface area contributed by atoms with Gasteiger partial charge >= 0.3 is 6.18 Å². The molecule has 0 bridgehead atoms. The van der Waals surface area contributed by atoms with E-state index in [9.17, 15) is 27.6 Å². The van der Waals surface area contributed by atoms with Crippen molar-refractivity contribution in [2.75, 3.05) is 0 Å². The number of aromatic nitrogens is 2. The van der Waals surface area contributed by atoms with E-state index in [1.807, 2.05) is 0 Å². The second kappa shape index (κ2) is 11.2. The first-order chi connectivity index (χ1) is 16.5. The molecule has 2 heterocycles. The van der Waals surface area contributed by atoms with Crippen LogP contribution in [0.4, 0.5) is 13.2 Å². The van der Waals surface area contributed by atoms with Crippen LogP contribution in [0.15, 0.2) is 40.4 Å². The van der Waals surface area contributed by atoms with Crippen molar-refractivity contribution in [2.45, 2.75) is 38.0 Å². The largest absolute Gasteiger partial charge is 0.431 e. The van der Waals surface area contributed by atoms with Crippen molar-refractivity contribution in [2.24, 2.45) is 0 Å². The Morgan fingerprint density at radius 2 is 1.91 bits per heavy atom. The molecule has 2 aromatic heterocycles. The number of halogens is 5. The van der Waals surface area contributed by atoms with Crippen molar-refractivity contribution in [1.29, 1.82) is 0 Å². The molecule has 0 radical (unpaired) electrons. The summed E-state index contributed by atoms with van der Waals surface area (Å²) in [6.07, 6.45) is -4.05. The monoisotopic (exact) mass is 548 g/mol. The van der Waals surface area contributed by atoms with Gasteiger partial charge in [-0.3, -0.25) is 14.4 Å². The average Bonchev–Trinajstić information content (AvgIpc) is 3.49. The van der Waals surface area contributed by atoms with E-state index in [1.54, 1.807) is 18.2 Å². The molecule has 186 valence electrons. The summed E-state index contributed by atoms with van der Waals surface area (Å²) in [6.45, 7) is 1.30. The molecule has 0 unspecified atom stereocenters. The van der Waals surface area contributed by atoms with Crippen LogP contribution in [0.2, 0.25) is 10.0 Å². The molecule has 3 rings (SSSR count). The Morgan fingerprint density at radius 3 is 2.57 bits per heavy atom. The molecule has 1 aromatic carbocycles. The highest BCUT2D eigenvalue weighted by Crippen LogP contribution is 2.33. The van der Waals surface area contributed by atoms with Gasteiger partial charge in [0.05, 0.1) is 27.8 Å². The summed E-state index contributed by atoms with van der Waals surface area (Å²) >= 11 is 13.0. The molecule has 0 spiro atoms. The van der Waals surface area contributed by atoms with Gasteiger partial charge < -0.3 is 15.1 Å². The number of carbonyl (C=O) groups excluding carboxylic acids is 3. The number of oxazole rings is 1. The van der Waals surface area contributed by atoms with E-state index in [2.05, 4.69) is 20.6 Å². The van der Waals surface area contributed by atoms with Gasteiger partial charge in [0.15, 0.2) is 5.01 Å². The lowest BCUT2D eigenvalue weighted by Crippen LogP contribution is -2.50. The first-order valence-corrected chi connectivity index (χ1v) is 11.6. The number of hydrogen-bond donors (Lipinski definition) is 2. The first kappa shape index (κ1) is 26.6. The van der Waals surface area contributed by atoms with Gasteiger partial charge in [0, 0.05) is 18.0 Å². The fourth-order valence-corrected chi connectivity index (χ4v) is 3.89. The molecule has 8 nitrogen and oxygen atoms in total. The lowest BCUT2D eigenvalue weighted by atomic mass is 10.1. The lowest BCUT2D eigenvalue weighted by Gasteiger charge is -2.20. The second-order valence-corrected chi connectivity index (χ2v) is 8.92. The number of amides is 2. The predicted octanol–water partition coefficient (Wildman–Crippen LogP) is 4.93. The Hall–Kier alpha value is -2.96. The Bertz CT molecular complexity index is 1220. The minimum absolute atomic E-state index is 0.0148. The van der Waals surface area contributed by atoms with Crippen LogP contribution in [0, 0.1) is 0 Å². The SMILES string of the molecule is C[C@H](NC(=O)c1cnc(-c2cccc(Cl)c2Cl)o1)C(=O)N[C@@H](CCC(F)(F)F)C(=O)c1nccs1. The summed E-state index contributed by atoms with van der Waals surface area (Å²) in [5, 5.41) is 6.49. The normalized spacial score (nSPS) is 13.2. The predicted molar refractivity (Wildman–Crippen MR) is 123 cm³/mol. The maximum absolute atomic E-state index is 12.7. The van der Waals surface area contributed by atoms with Gasteiger partial charge in [-0.1, -0.05) is 29.3 Å². The zero-order valence-corrected chi connectivity index (χ0v) is 20.2. The summed E-state index contributed by atoms with van der Waals surface area (Å²) in [5.74, 6) is -2.67. The highest BCUT2D eigenvalue weighted by Gasteiger charge is 2.33. The van der Waals surface area contributed by atoms with Crippen LogP contribution < -0.4 is 10.6 Å². The van der Waals surface area contributed by atoms with E-state index in [-0.39, 0.29) is 26.7 Å². The van der Waals surface area contributed by atoms with Crippen LogP contribution in [0.3, 0.4) is 0 Å². The highest BCUT2D eigenvalue weighted by atomic mass is 35.5. The second-order valence-electron chi connectivity index (χ2n) is 7.24. The van der Waals surface area contributed by atoms with Crippen LogP contribution in [0.25, 0.3) is 11.5 Å². The van der Waals surface area contributed by atoms with Crippen molar-refractivity contribution >= 4 is 52.1 Å². The van der Waals surface area contributed by atoms with E-state index in [4.69, 9.17) is 27.6 Å². The van der Waals surface area contributed by atoms with Crippen LogP contribution in [-0.4, -0.2) is 45.8 Å². The average molecular weight is 549 g/mol. The van der Waals surface area contributed by atoms with Crippen molar-refractivity contribution in [3.05, 3.63) is 56.8 Å². The third kappa shape index (κ3) is 7.03. The molecule has 0 aliphatic heterocycles. The van der Waals surface area contributed by atoms with Gasteiger partial charge in [0.2, 0.25) is 23.3 Å². The molecule has 0 fully saturated rings. The number of hydrogen-bond acceptors (Lipinski definition) is 7. The number of ketones is 1. The van der Waals surface area contributed by atoms with Gasteiger partial charge in [-0.05, 0) is 25.5 Å². The van der Waals surface area contributed by atoms with Gasteiger partial charge in [-0.15, -0.1) is 11.3 Å². The van der Waals surface area contributed by atoms with E-state index < -0.39 is 48.7 Å². The van der Waals surface area contributed by atoms with E-state index >= 15 is 0 Å². The summed E-state index contributed by atoms with van der Waals surface area (Å²) in [5.41, 5.74) is 0.345. The maximum Gasteiger partial charge on any atom is 0.389 e. The molecule has 14 heteroatoms. The summed E-state index contributed by atoms with van der Waals surface area (Å²) in [4.78, 5) is 45.4. The van der Waals surface area contributed by atoms with Crippen molar-refractivity contribution < 1.29 is 32.0 Å². The Morgan fingerprint density at radius 1 is 1.17 bits per heavy atom. The number of carbonyl (C=O) groups is 3. The zero-order valence-electron chi connectivity index (χ0n) is 17.9. The standard InChI is InChI=1S/C21H17Cl2F3N4O4S/c1-10(17(32)30-13(5-6-21(24,25)26)16(31)20-27-7-8-35-20)29-18(33)14-9-28-19(34-14)11-3-2-4-12(22)15(11)23/h2-4,7-10,13H,5-6H2,1H3,(H,29,33)(H,30,32)/t10-,13-/m0/s1. The van der Waals surface area contributed by atoms with Crippen LogP contribution >= 0.6 is 34.5 Å². The number of benzene rings is 1. The van der Waals surface area contributed by atoms with Gasteiger partial charge in [-0.2, -0.15) is 13.2 Å². The number of rotatable bonds is 9. The Kier molecular flexibility index (Phi) is 8.51. The molecule has 2 atom stereocenters. The number of alkyl halides is 3. The quantitative estimate of drug-likeness (QED) is 0.366. The van der Waals surface area contributed by atoms with E-state index in [1.165, 1.54) is 18.5 Å². The van der Waals surface area contributed by atoms with E-state index in [0.29, 0.717) is 5.56 Å². The van der Waals surface area contributed by atoms with Crippen LogP contribution in [-0.2, 0) is 4.79 Å². The minimum atomic E-state index is -4.53. The molecule has 2 amide bonds. The molecule has 0 aliphatic rings. The Labute approximate surface area is 210 Å². The molecule has 0 aliphatic carbocycles. The topological polar surface area (TPSA) is 114 Å². The number of nitrogens with one attached hydrogen (secondary N) is 2. The van der Waals surface area contributed by atoms with Crippen molar-refractivity contribution in [3.63, 3.8) is 0 Å².